The van der Waals surface area contributed by atoms with Gasteiger partial charge in [0.1, 0.15) is 17.3 Å². The molecule has 0 spiro atoms. The van der Waals surface area contributed by atoms with Crippen LogP contribution in [0.25, 0.3) is 6.08 Å². The highest BCUT2D eigenvalue weighted by molar-refractivity contribution is 6.11. The van der Waals surface area contributed by atoms with Crippen LogP contribution in [0, 0.1) is 22.9 Å². The van der Waals surface area contributed by atoms with Crippen LogP contribution >= 0.6 is 0 Å². The van der Waals surface area contributed by atoms with Crippen LogP contribution in [-0.4, -0.2) is 23.8 Å². The van der Waals surface area contributed by atoms with E-state index in [0.29, 0.717) is 16.9 Å². The molecule has 0 aliphatic carbocycles. The molecule has 168 valence electrons. The summed E-state index contributed by atoms with van der Waals surface area (Å²) in [6.45, 7) is 1.68. The number of nitrogens with one attached hydrogen (secondary N) is 2. The first-order chi connectivity index (χ1) is 15.8. The topological polar surface area (TPSA) is 111 Å². The zero-order chi connectivity index (χ0) is 24.0. The van der Waals surface area contributed by atoms with Crippen LogP contribution in [0.3, 0.4) is 0 Å². The average molecular weight is 449 g/mol. The third-order valence-corrected chi connectivity index (χ3v) is 4.71. The minimum atomic E-state index is -0.704. The van der Waals surface area contributed by atoms with Gasteiger partial charge in [0.15, 0.2) is 0 Å². The van der Waals surface area contributed by atoms with Gasteiger partial charge < -0.3 is 15.4 Å². The van der Waals surface area contributed by atoms with Gasteiger partial charge in [0.25, 0.3) is 17.5 Å². The predicted molar refractivity (Wildman–Crippen MR) is 121 cm³/mol. The van der Waals surface area contributed by atoms with E-state index in [1.807, 2.05) is 0 Å². The number of halogens is 1. The van der Waals surface area contributed by atoms with Gasteiger partial charge >= 0.3 is 0 Å². The number of hydrogen-bond acceptors (Lipinski definition) is 5. The number of nitrogens with zero attached hydrogens (tertiary/aromatic N) is 1. The number of amides is 2. The molecule has 0 aliphatic rings. The lowest BCUT2D eigenvalue weighted by atomic mass is 10.1. The van der Waals surface area contributed by atoms with E-state index in [9.17, 15) is 24.1 Å². The van der Waals surface area contributed by atoms with E-state index in [-0.39, 0.29) is 22.6 Å². The molecule has 33 heavy (non-hydrogen) atoms. The smallest absolute Gasteiger partial charge is 0.272 e. The number of carbonyl (C=O) groups is 2. The Hall–Kier alpha value is -4.53. The summed E-state index contributed by atoms with van der Waals surface area (Å²) in [5.74, 6) is -1.15. The Morgan fingerprint density at radius 3 is 2.30 bits per heavy atom. The lowest BCUT2D eigenvalue weighted by Crippen LogP contribution is -2.31. The van der Waals surface area contributed by atoms with Crippen LogP contribution in [0.1, 0.15) is 21.5 Å². The molecule has 2 amide bonds. The fourth-order valence-corrected chi connectivity index (χ4v) is 2.87. The quantitative estimate of drug-likeness (QED) is 0.314. The van der Waals surface area contributed by atoms with Gasteiger partial charge in [-0.3, -0.25) is 19.7 Å². The zero-order valence-electron chi connectivity index (χ0n) is 17.8. The van der Waals surface area contributed by atoms with Crippen LogP contribution in [0.2, 0.25) is 0 Å². The van der Waals surface area contributed by atoms with Gasteiger partial charge in [0.05, 0.1) is 17.7 Å². The Morgan fingerprint density at radius 2 is 1.70 bits per heavy atom. The van der Waals surface area contributed by atoms with Gasteiger partial charge in [-0.15, -0.1) is 0 Å². The molecule has 2 N–H and O–H groups in total. The number of rotatable bonds is 7. The van der Waals surface area contributed by atoms with Crippen molar-refractivity contribution in [2.75, 3.05) is 12.4 Å². The summed E-state index contributed by atoms with van der Waals surface area (Å²) in [4.78, 5) is 36.3. The van der Waals surface area contributed by atoms with Crippen molar-refractivity contribution < 1.29 is 23.6 Å². The van der Waals surface area contributed by atoms with Crippen molar-refractivity contribution in [2.45, 2.75) is 6.92 Å². The molecule has 3 aromatic rings. The molecule has 3 rings (SSSR count). The molecule has 0 aromatic heterocycles. The molecule has 0 radical (unpaired) electrons. The summed E-state index contributed by atoms with van der Waals surface area (Å²) in [6, 6.07) is 15.7. The number of aryl methyl sites for hydroxylation is 1. The molecule has 3 aromatic carbocycles. The maximum absolute atomic E-state index is 13.3. The molecule has 0 aliphatic heterocycles. The van der Waals surface area contributed by atoms with Crippen molar-refractivity contribution >= 4 is 29.3 Å². The van der Waals surface area contributed by atoms with Crippen molar-refractivity contribution in [3.05, 3.63) is 105 Å². The second-order valence-electron chi connectivity index (χ2n) is 7.00. The molecule has 0 unspecified atom stereocenters. The van der Waals surface area contributed by atoms with Gasteiger partial charge in [-0.2, -0.15) is 0 Å². The van der Waals surface area contributed by atoms with Gasteiger partial charge in [-0.1, -0.05) is 18.2 Å². The maximum atomic E-state index is 13.3. The van der Waals surface area contributed by atoms with E-state index in [1.54, 1.807) is 19.1 Å². The minimum absolute atomic E-state index is 0.131. The first-order valence-corrected chi connectivity index (χ1v) is 9.76. The predicted octanol–water partition coefficient (Wildman–Crippen LogP) is 4.46. The molecule has 0 saturated heterocycles. The van der Waals surface area contributed by atoms with E-state index in [4.69, 9.17) is 4.74 Å². The number of anilines is 1. The monoisotopic (exact) mass is 449 g/mol. The summed E-state index contributed by atoms with van der Waals surface area (Å²) in [6.07, 6.45) is 1.38. The number of methoxy groups -OCH3 is 1. The van der Waals surface area contributed by atoms with E-state index in [1.165, 1.54) is 67.8 Å². The Morgan fingerprint density at radius 1 is 1.03 bits per heavy atom. The highest BCUT2D eigenvalue weighted by Crippen LogP contribution is 2.22. The molecule has 9 heteroatoms. The number of non-ortho nitro benzene ring substituents is 1. The van der Waals surface area contributed by atoms with Crippen LogP contribution in [-0.2, 0) is 4.79 Å². The Kier molecular flexibility index (Phi) is 7.14. The Labute approximate surface area is 188 Å². The van der Waals surface area contributed by atoms with E-state index >= 15 is 0 Å². The third kappa shape index (κ3) is 6.01. The summed E-state index contributed by atoms with van der Waals surface area (Å²) in [7, 11) is 1.50. The largest absolute Gasteiger partial charge is 0.497 e. The number of carbonyl (C=O) groups excluding carboxylic acids is 2. The summed E-state index contributed by atoms with van der Waals surface area (Å²) < 4.78 is 18.4. The minimum Gasteiger partial charge on any atom is -0.497 e. The molecular formula is C24H20FN3O5. The van der Waals surface area contributed by atoms with E-state index in [0.717, 1.165) is 0 Å². The van der Waals surface area contributed by atoms with Crippen molar-refractivity contribution in [1.82, 2.24) is 5.32 Å². The maximum Gasteiger partial charge on any atom is 0.272 e. The van der Waals surface area contributed by atoms with Crippen LogP contribution < -0.4 is 15.4 Å². The van der Waals surface area contributed by atoms with Crippen molar-refractivity contribution in [3.63, 3.8) is 0 Å². The highest BCUT2D eigenvalue weighted by Gasteiger charge is 2.17. The van der Waals surface area contributed by atoms with Crippen LogP contribution in [0.5, 0.6) is 5.75 Å². The Balaban J connectivity index is 1.91. The average Bonchev–Trinajstić information content (AvgIpc) is 2.81. The summed E-state index contributed by atoms with van der Waals surface area (Å²) in [5, 5.41) is 16.2. The molecule has 8 nitrogen and oxygen atoms in total. The summed E-state index contributed by atoms with van der Waals surface area (Å²) >= 11 is 0. The molecule has 0 heterocycles. The second-order valence-corrected chi connectivity index (χ2v) is 7.00. The standard InChI is InChI=1S/C24H20FN3O5/c1-15-3-10-19(28(31)32)14-21(15)26-24(30)22(13-16-4-8-18(25)9-5-16)27-23(29)17-6-11-20(33-2)12-7-17/h3-14H,1-2H3,(H,26,30)(H,27,29). The number of nitro groups is 1. The fraction of sp³-hybridized carbons (Fsp3) is 0.0833. The number of ether oxygens (including phenoxy) is 1. The van der Waals surface area contributed by atoms with Gasteiger partial charge in [0, 0.05) is 17.7 Å². The zero-order valence-corrected chi connectivity index (χ0v) is 17.8. The molecule has 0 bridgehead atoms. The first kappa shape index (κ1) is 23.1. The van der Waals surface area contributed by atoms with Crippen LogP contribution in [0.4, 0.5) is 15.8 Å². The number of nitro benzene ring substituents is 1. The molecule has 0 fully saturated rings. The highest BCUT2D eigenvalue weighted by atomic mass is 19.1. The fourth-order valence-electron chi connectivity index (χ4n) is 2.87. The van der Waals surface area contributed by atoms with Crippen molar-refractivity contribution in [2.24, 2.45) is 0 Å². The van der Waals surface area contributed by atoms with Crippen LogP contribution in [0.15, 0.2) is 72.4 Å². The van der Waals surface area contributed by atoms with E-state index in [2.05, 4.69) is 10.6 Å². The molecular weight excluding hydrogens is 429 g/mol. The lowest BCUT2D eigenvalue weighted by Gasteiger charge is -2.13. The summed E-state index contributed by atoms with van der Waals surface area (Å²) in [5.41, 5.74) is 1.23. The van der Waals surface area contributed by atoms with Crippen molar-refractivity contribution in [3.8, 4) is 5.75 Å². The van der Waals surface area contributed by atoms with E-state index < -0.39 is 22.6 Å². The second kappa shape index (κ2) is 10.2. The van der Waals surface area contributed by atoms with Gasteiger partial charge in [0.2, 0.25) is 0 Å². The molecule has 0 saturated carbocycles. The molecule has 0 atom stereocenters. The Bertz CT molecular complexity index is 1220. The number of benzene rings is 3. The first-order valence-electron chi connectivity index (χ1n) is 9.76. The lowest BCUT2D eigenvalue weighted by molar-refractivity contribution is -0.384. The normalized spacial score (nSPS) is 10.9. The van der Waals surface area contributed by atoms with Gasteiger partial charge in [-0.25, -0.2) is 4.39 Å². The van der Waals surface area contributed by atoms with Crippen molar-refractivity contribution in [1.29, 1.82) is 0 Å². The SMILES string of the molecule is COc1ccc(C(=O)NC(=Cc2ccc(F)cc2)C(=O)Nc2cc([N+](=O)[O-])ccc2C)cc1. The third-order valence-electron chi connectivity index (χ3n) is 4.71. The van der Waals surface area contributed by atoms with Gasteiger partial charge in [-0.05, 0) is 60.5 Å². The number of hydrogen-bond donors (Lipinski definition) is 2.